The molecular weight excluding hydrogens is 248 g/mol. The van der Waals surface area contributed by atoms with Crippen molar-refractivity contribution in [3.8, 4) is 0 Å². The van der Waals surface area contributed by atoms with Crippen molar-refractivity contribution in [3.05, 3.63) is 11.3 Å². The maximum atomic E-state index is 6.04. The summed E-state index contributed by atoms with van der Waals surface area (Å²) in [6.07, 6.45) is 7.66. The van der Waals surface area contributed by atoms with E-state index in [0.717, 1.165) is 18.7 Å². The van der Waals surface area contributed by atoms with Crippen LogP contribution in [0.4, 0.5) is 5.82 Å². The van der Waals surface area contributed by atoms with Gasteiger partial charge in [-0.15, -0.1) is 0 Å². The minimum atomic E-state index is 0.182. The van der Waals surface area contributed by atoms with Crippen molar-refractivity contribution in [2.45, 2.75) is 71.4 Å². The highest BCUT2D eigenvalue weighted by Crippen LogP contribution is 2.31. The van der Waals surface area contributed by atoms with Crippen molar-refractivity contribution in [1.82, 2.24) is 9.78 Å². The van der Waals surface area contributed by atoms with E-state index in [1.165, 1.54) is 43.5 Å². The van der Waals surface area contributed by atoms with Crippen LogP contribution in [0.2, 0.25) is 0 Å². The summed E-state index contributed by atoms with van der Waals surface area (Å²) in [7, 11) is 2.07. The molecule has 20 heavy (non-hydrogen) atoms. The lowest BCUT2D eigenvalue weighted by molar-refractivity contribution is 0.412. The van der Waals surface area contributed by atoms with Gasteiger partial charge in [0.2, 0.25) is 0 Å². The van der Waals surface area contributed by atoms with Crippen LogP contribution in [0.15, 0.2) is 0 Å². The minimum Gasteiger partial charge on any atom is -0.354 e. The lowest BCUT2D eigenvalue weighted by Gasteiger charge is -2.36. The van der Waals surface area contributed by atoms with Gasteiger partial charge < -0.3 is 10.6 Å². The molecule has 1 aliphatic carbocycles. The number of hydrogen-bond acceptors (Lipinski definition) is 3. The van der Waals surface area contributed by atoms with Crippen molar-refractivity contribution >= 4 is 5.82 Å². The van der Waals surface area contributed by atoms with Crippen LogP contribution in [0.3, 0.4) is 0 Å². The summed E-state index contributed by atoms with van der Waals surface area (Å²) in [5, 5.41) is 4.65. The standard InChI is InChI=1S/C16H30N4/c1-5-20(14-9-7-6-8-10-14)16-15(11-12(2)17)13(3)18-19(16)4/h12,14H,5-11,17H2,1-4H3. The van der Waals surface area contributed by atoms with Gasteiger partial charge in [0.05, 0.1) is 5.69 Å². The van der Waals surface area contributed by atoms with Crippen LogP contribution in [0.1, 0.15) is 57.2 Å². The molecular formula is C16H30N4. The zero-order chi connectivity index (χ0) is 14.7. The predicted molar refractivity (Wildman–Crippen MR) is 85.2 cm³/mol. The molecule has 2 rings (SSSR count). The second kappa shape index (κ2) is 6.61. The van der Waals surface area contributed by atoms with E-state index in [1.807, 2.05) is 0 Å². The average molecular weight is 278 g/mol. The van der Waals surface area contributed by atoms with E-state index < -0.39 is 0 Å². The molecule has 2 N–H and O–H groups in total. The number of hydrogen-bond donors (Lipinski definition) is 1. The van der Waals surface area contributed by atoms with Gasteiger partial charge in [-0.1, -0.05) is 19.3 Å². The van der Waals surface area contributed by atoms with Crippen molar-refractivity contribution in [3.63, 3.8) is 0 Å². The Morgan fingerprint density at radius 3 is 2.55 bits per heavy atom. The Morgan fingerprint density at radius 2 is 2.00 bits per heavy atom. The summed E-state index contributed by atoms with van der Waals surface area (Å²) < 4.78 is 2.06. The third-order valence-corrected chi connectivity index (χ3v) is 4.47. The van der Waals surface area contributed by atoms with Gasteiger partial charge in [0.25, 0.3) is 0 Å². The molecule has 0 saturated heterocycles. The SMILES string of the molecule is CCN(c1c(CC(C)N)c(C)nn1C)C1CCCCC1. The summed E-state index contributed by atoms with van der Waals surface area (Å²) in [6.45, 7) is 7.49. The zero-order valence-electron chi connectivity index (χ0n) is 13.5. The first kappa shape index (κ1) is 15.4. The van der Waals surface area contributed by atoms with Crippen LogP contribution in [-0.4, -0.2) is 28.4 Å². The number of nitrogens with zero attached hydrogens (tertiary/aromatic N) is 3. The lowest BCUT2D eigenvalue weighted by Crippen LogP contribution is -2.38. The summed E-state index contributed by atoms with van der Waals surface area (Å²) in [6, 6.07) is 0.858. The quantitative estimate of drug-likeness (QED) is 0.901. The highest BCUT2D eigenvalue weighted by molar-refractivity contribution is 5.51. The monoisotopic (exact) mass is 278 g/mol. The van der Waals surface area contributed by atoms with E-state index in [9.17, 15) is 0 Å². The maximum Gasteiger partial charge on any atom is 0.130 e. The Hall–Kier alpha value is -1.03. The number of aromatic nitrogens is 2. The number of nitrogens with two attached hydrogens (primary N) is 1. The smallest absolute Gasteiger partial charge is 0.130 e. The number of aryl methyl sites for hydroxylation is 2. The largest absolute Gasteiger partial charge is 0.354 e. The molecule has 0 bridgehead atoms. The van der Waals surface area contributed by atoms with Gasteiger partial charge >= 0.3 is 0 Å². The molecule has 0 radical (unpaired) electrons. The van der Waals surface area contributed by atoms with Crippen LogP contribution < -0.4 is 10.6 Å². The van der Waals surface area contributed by atoms with Gasteiger partial charge in [0.15, 0.2) is 0 Å². The molecule has 1 aromatic heterocycles. The molecule has 1 heterocycles. The van der Waals surface area contributed by atoms with Gasteiger partial charge in [-0.2, -0.15) is 5.10 Å². The third kappa shape index (κ3) is 3.17. The molecule has 0 aliphatic heterocycles. The van der Waals surface area contributed by atoms with E-state index >= 15 is 0 Å². The van der Waals surface area contributed by atoms with E-state index in [4.69, 9.17) is 5.73 Å². The molecule has 1 saturated carbocycles. The van der Waals surface area contributed by atoms with Gasteiger partial charge in [0.1, 0.15) is 5.82 Å². The first-order chi connectivity index (χ1) is 9.54. The minimum absolute atomic E-state index is 0.182. The summed E-state index contributed by atoms with van der Waals surface area (Å²) >= 11 is 0. The van der Waals surface area contributed by atoms with E-state index in [0.29, 0.717) is 6.04 Å². The zero-order valence-corrected chi connectivity index (χ0v) is 13.5. The molecule has 1 aromatic rings. The average Bonchev–Trinajstić information content (AvgIpc) is 2.68. The highest BCUT2D eigenvalue weighted by Gasteiger charge is 2.26. The Labute approximate surface area is 123 Å². The second-order valence-electron chi connectivity index (χ2n) is 6.27. The molecule has 0 amide bonds. The predicted octanol–water partition coefficient (Wildman–Crippen LogP) is 2.78. The molecule has 4 nitrogen and oxygen atoms in total. The Kier molecular flexibility index (Phi) is 5.08. The topological polar surface area (TPSA) is 47.1 Å². The normalized spacial score (nSPS) is 18.2. The van der Waals surface area contributed by atoms with Crippen LogP contribution in [0.5, 0.6) is 0 Å². The van der Waals surface area contributed by atoms with Gasteiger partial charge in [0, 0.05) is 31.2 Å². The second-order valence-corrected chi connectivity index (χ2v) is 6.27. The van der Waals surface area contributed by atoms with Crippen LogP contribution in [-0.2, 0) is 13.5 Å². The van der Waals surface area contributed by atoms with E-state index in [-0.39, 0.29) is 6.04 Å². The fourth-order valence-corrected chi connectivity index (χ4v) is 3.58. The molecule has 0 aromatic carbocycles. The Morgan fingerprint density at radius 1 is 1.35 bits per heavy atom. The van der Waals surface area contributed by atoms with Crippen molar-refractivity contribution in [1.29, 1.82) is 0 Å². The Bertz CT molecular complexity index is 430. The molecule has 1 unspecified atom stereocenters. The van der Waals surface area contributed by atoms with Crippen LogP contribution in [0.25, 0.3) is 0 Å². The first-order valence-electron chi connectivity index (χ1n) is 8.09. The molecule has 4 heteroatoms. The number of anilines is 1. The lowest BCUT2D eigenvalue weighted by atomic mass is 9.93. The van der Waals surface area contributed by atoms with Gasteiger partial charge in [-0.25, -0.2) is 0 Å². The molecule has 1 aliphatic rings. The highest BCUT2D eigenvalue weighted by atomic mass is 15.4. The fraction of sp³-hybridized carbons (Fsp3) is 0.812. The van der Waals surface area contributed by atoms with Gasteiger partial charge in [-0.05, 0) is 40.0 Å². The van der Waals surface area contributed by atoms with E-state index in [2.05, 4.69) is 42.5 Å². The molecule has 1 fully saturated rings. The van der Waals surface area contributed by atoms with Gasteiger partial charge in [-0.3, -0.25) is 4.68 Å². The van der Waals surface area contributed by atoms with Crippen LogP contribution >= 0.6 is 0 Å². The van der Waals surface area contributed by atoms with Crippen LogP contribution in [0, 0.1) is 6.92 Å². The summed E-state index contributed by atoms with van der Waals surface area (Å²) in [5.41, 5.74) is 8.51. The number of rotatable bonds is 5. The third-order valence-electron chi connectivity index (χ3n) is 4.47. The first-order valence-corrected chi connectivity index (χ1v) is 8.09. The van der Waals surface area contributed by atoms with E-state index in [1.54, 1.807) is 0 Å². The molecule has 1 atom stereocenters. The molecule has 0 spiro atoms. The van der Waals surface area contributed by atoms with Crippen molar-refractivity contribution in [2.75, 3.05) is 11.4 Å². The fourth-order valence-electron chi connectivity index (χ4n) is 3.58. The summed E-state index contributed by atoms with van der Waals surface area (Å²) in [4.78, 5) is 2.57. The summed E-state index contributed by atoms with van der Waals surface area (Å²) in [5.74, 6) is 1.30. The van der Waals surface area contributed by atoms with Crippen molar-refractivity contribution in [2.24, 2.45) is 12.8 Å². The molecule has 114 valence electrons. The Balaban J connectivity index is 2.32. The maximum absolute atomic E-state index is 6.04. The van der Waals surface area contributed by atoms with Crippen molar-refractivity contribution < 1.29 is 0 Å².